The molecule has 1 aromatic heterocycles. The van der Waals surface area contributed by atoms with Crippen LogP contribution in [0.1, 0.15) is 41.5 Å². The van der Waals surface area contributed by atoms with Gasteiger partial charge in [0.1, 0.15) is 5.69 Å². The van der Waals surface area contributed by atoms with Crippen molar-refractivity contribution in [3.63, 3.8) is 0 Å². The number of carbonyl (C=O) groups excluding carboxylic acids is 1. The Kier molecular flexibility index (Phi) is 5.81. The van der Waals surface area contributed by atoms with Crippen molar-refractivity contribution in [2.45, 2.75) is 26.8 Å². The lowest BCUT2D eigenvalue weighted by atomic mass is 10.1. The monoisotopic (exact) mass is 360 g/mol. The molecule has 0 saturated carbocycles. The van der Waals surface area contributed by atoms with E-state index in [0.29, 0.717) is 18.2 Å². The molecule has 1 atom stereocenters. The summed E-state index contributed by atoms with van der Waals surface area (Å²) in [5, 5.41) is 3.27. The van der Waals surface area contributed by atoms with Crippen LogP contribution in [0.25, 0.3) is 0 Å². The highest BCUT2D eigenvalue weighted by atomic mass is 16.2. The van der Waals surface area contributed by atoms with Gasteiger partial charge in [-0.2, -0.15) is 0 Å². The summed E-state index contributed by atoms with van der Waals surface area (Å²) in [7, 11) is 0. The SMILES string of the molecule is CCN(C(=O)c1ccnc(NC(C)c2ccccc2)n1)c1cccc(C)c1. The lowest BCUT2D eigenvalue weighted by molar-refractivity contribution is 0.0983. The standard InChI is InChI=1S/C22H24N4O/c1-4-26(19-12-8-9-16(2)15-19)21(27)20-13-14-23-22(25-20)24-17(3)18-10-6-5-7-11-18/h5-15,17H,4H2,1-3H3,(H,23,24,25). The van der Waals surface area contributed by atoms with Crippen molar-refractivity contribution in [2.75, 3.05) is 16.8 Å². The fraction of sp³-hybridized carbons (Fsp3) is 0.227. The van der Waals surface area contributed by atoms with Gasteiger partial charge in [0, 0.05) is 18.4 Å². The predicted molar refractivity (Wildman–Crippen MR) is 109 cm³/mol. The van der Waals surface area contributed by atoms with Crippen LogP contribution in [-0.2, 0) is 0 Å². The minimum absolute atomic E-state index is 0.0376. The van der Waals surface area contributed by atoms with Crippen LogP contribution in [-0.4, -0.2) is 22.4 Å². The second-order valence-corrected chi connectivity index (χ2v) is 6.43. The Bertz CT molecular complexity index is 911. The summed E-state index contributed by atoms with van der Waals surface area (Å²) in [5.74, 6) is 0.304. The van der Waals surface area contributed by atoms with Gasteiger partial charge in [-0.3, -0.25) is 4.79 Å². The molecule has 3 rings (SSSR count). The highest BCUT2D eigenvalue weighted by molar-refractivity contribution is 6.04. The van der Waals surface area contributed by atoms with E-state index in [0.717, 1.165) is 16.8 Å². The summed E-state index contributed by atoms with van der Waals surface area (Å²) in [5.41, 5.74) is 3.48. The van der Waals surface area contributed by atoms with E-state index < -0.39 is 0 Å². The van der Waals surface area contributed by atoms with Crippen molar-refractivity contribution in [3.8, 4) is 0 Å². The van der Waals surface area contributed by atoms with Crippen molar-refractivity contribution in [3.05, 3.63) is 83.7 Å². The van der Waals surface area contributed by atoms with Gasteiger partial charge in [-0.25, -0.2) is 9.97 Å². The first-order valence-corrected chi connectivity index (χ1v) is 9.11. The topological polar surface area (TPSA) is 58.1 Å². The highest BCUT2D eigenvalue weighted by Gasteiger charge is 2.18. The quantitative estimate of drug-likeness (QED) is 0.696. The molecule has 0 aliphatic heterocycles. The highest BCUT2D eigenvalue weighted by Crippen LogP contribution is 2.19. The Morgan fingerprint density at radius 3 is 2.59 bits per heavy atom. The molecule has 138 valence electrons. The number of benzene rings is 2. The Morgan fingerprint density at radius 2 is 1.89 bits per heavy atom. The summed E-state index contributed by atoms with van der Waals surface area (Å²) in [6.07, 6.45) is 1.62. The van der Waals surface area contributed by atoms with Crippen molar-refractivity contribution in [1.82, 2.24) is 9.97 Å². The molecule has 3 aromatic rings. The van der Waals surface area contributed by atoms with E-state index in [1.165, 1.54) is 0 Å². The zero-order valence-corrected chi connectivity index (χ0v) is 15.9. The van der Waals surface area contributed by atoms with Crippen LogP contribution in [0.5, 0.6) is 0 Å². The first kappa shape index (κ1) is 18.6. The molecular weight excluding hydrogens is 336 g/mol. The summed E-state index contributed by atoms with van der Waals surface area (Å²) in [6.45, 7) is 6.57. The van der Waals surface area contributed by atoms with Gasteiger partial charge in [-0.05, 0) is 50.1 Å². The second kappa shape index (κ2) is 8.45. The van der Waals surface area contributed by atoms with Crippen LogP contribution in [0.4, 0.5) is 11.6 Å². The fourth-order valence-electron chi connectivity index (χ4n) is 2.94. The maximum atomic E-state index is 13.0. The third-order valence-corrected chi connectivity index (χ3v) is 4.39. The smallest absolute Gasteiger partial charge is 0.277 e. The first-order valence-electron chi connectivity index (χ1n) is 9.11. The molecule has 0 spiro atoms. The molecule has 0 aliphatic rings. The predicted octanol–water partition coefficient (Wildman–Crippen LogP) is 4.62. The van der Waals surface area contributed by atoms with Gasteiger partial charge in [0.05, 0.1) is 6.04 Å². The van der Waals surface area contributed by atoms with Gasteiger partial charge in [-0.15, -0.1) is 0 Å². The van der Waals surface area contributed by atoms with Gasteiger partial charge in [0.15, 0.2) is 0 Å². The van der Waals surface area contributed by atoms with Crippen LogP contribution in [0, 0.1) is 6.92 Å². The largest absolute Gasteiger partial charge is 0.348 e. The summed E-state index contributed by atoms with van der Waals surface area (Å²) >= 11 is 0. The fourth-order valence-corrected chi connectivity index (χ4v) is 2.94. The molecule has 1 N–H and O–H groups in total. The van der Waals surface area contributed by atoms with Gasteiger partial charge >= 0.3 is 0 Å². The minimum Gasteiger partial charge on any atom is -0.348 e. The number of aryl methyl sites for hydroxylation is 1. The molecule has 0 fully saturated rings. The molecule has 5 heteroatoms. The maximum absolute atomic E-state index is 13.0. The van der Waals surface area contributed by atoms with Crippen LogP contribution >= 0.6 is 0 Å². The van der Waals surface area contributed by atoms with Crippen LogP contribution in [0.15, 0.2) is 66.9 Å². The number of carbonyl (C=O) groups is 1. The molecule has 0 radical (unpaired) electrons. The van der Waals surface area contributed by atoms with Gasteiger partial charge in [-0.1, -0.05) is 42.5 Å². The molecule has 0 aliphatic carbocycles. The zero-order valence-electron chi connectivity index (χ0n) is 15.9. The maximum Gasteiger partial charge on any atom is 0.277 e. The number of nitrogens with one attached hydrogen (secondary N) is 1. The lowest BCUT2D eigenvalue weighted by Crippen LogP contribution is -2.31. The summed E-state index contributed by atoms with van der Waals surface area (Å²) in [6, 6.07) is 19.7. The normalized spacial score (nSPS) is 11.7. The molecule has 0 saturated heterocycles. The third kappa shape index (κ3) is 4.50. The molecule has 1 unspecified atom stereocenters. The number of hydrogen-bond acceptors (Lipinski definition) is 4. The summed E-state index contributed by atoms with van der Waals surface area (Å²) < 4.78 is 0. The number of hydrogen-bond donors (Lipinski definition) is 1. The Labute approximate surface area is 160 Å². The Morgan fingerprint density at radius 1 is 1.11 bits per heavy atom. The van der Waals surface area contributed by atoms with Gasteiger partial charge < -0.3 is 10.2 Å². The number of rotatable bonds is 6. The molecule has 0 bridgehead atoms. The van der Waals surface area contributed by atoms with Crippen molar-refractivity contribution < 1.29 is 4.79 Å². The number of anilines is 2. The van der Waals surface area contributed by atoms with Gasteiger partial charge in [0.2, 0.25) is 5.95 Å². The van der Waals surface area contributed by atoms with E-state index in [1.54, 1.807) is 17.2 Å². The zero-order chi connectivity index (χ0) is 19.2. The Hall–Kier alpha value is -3.21. The molecule has 2 aromatic carbocycles. The molecule has 1 amide bonds. The minimum atomic E-state index is -0.138. The first-order chi connectivity index (χ1) is 13.1. The average molecular weight is 360 g/mol. The van der Waals surface area contributed by atoms with E-state index in [2.05, 4.69) is 15.3 Å². The van der Waals surface area contributed by atoms with Crippen LogP contribution < -0.4 is 10.2 Å². The van der Waals surface area contributed by atoms with Crippen molar-refractivity contribution >= 4 is 17.5 Å². The number of amides is 1. The molecular formula is C22H24N4O. The molecule has 27 heavy (non-hydrogen) atoms. The van der Waals surface area contributed by atoms with Crippen molar-refractivity contribution in [2.24, 2.45) is 0 Å². The van der Waals surface area contributed by atoms with E-state index >= 15 is 0 Å². The number of aromatic nitrogens is 2. The van der Waals surface area contributed by atoms with Gasteiger partial charge in [0.25, 0.3) is 5.91 Å². The number of nitrogens with zero attached hydrogens (tertiary/aromatic N) is 3. The average Bonchev–Trinajstić information content (AvgIpc) is 2.69. The van der Waals surface area contributed by atoms with E-state index in [1.807, 2.05) is 75.4 Å². The van der Waals surface area contributed by atoms with E-state index in [4.69, 9.17) is 0 Å². The second-order valence-electron chi connectivity index (χ2n) is 6.43. The van der Waals surface area contributed by atoms with Crippen LogP contribution in [0.2, 0.25) is 0 Å². The van der Waals surface area contributed by atoms with E-state index in [9.17, 15) is 4.79 Å². The summed E-state index contributed by atoms with van der Waals surface area (Å²) in [4.78, 5) is 23.4. The molecule has 5 nitrogen and oxygen atoms in total. The lowest BCUT2D eigenvalue weighted by Gasteiger charge is -2.21. The third-order valence-electron chi connectivity index (χ3n) is 4.39. The van der Waals surface area contributed by atoms with Crippen LogP contribution in [0.3, 0.4) is 0 Å². The Balaban J connectivity index is 1.80. The molecule has 1 heterocycles. The van der Waals surface area contributed by atoms with E-state index in [-0.39, 0.29) is 11.9 Å². The van der Waals surface area contributed by atoms with Crippen molar-refractivity contribution in [1.29, 1.82) is 0 Å².